The average molecular weight is 316 g/mol. The Morgan fingerprint density at radius 3 is 2.91 bits per heavy atom. The zero-order valence-corrected chi connectivity index (χ0v) is 13.2. The Morgan fingerprint density at radius 1 is 1.30 bits per heavy atom. The largest absolute Gasteiger partial charge is 0.323 e. The van der Waals surface area contributed by atoms with Crippen LogP contribution in [0.5, 0.6) is 0 Å². The fourth-order valence-electron chi connectivity index (χ4n) is 3.09. The van der Waals surface area contributed by atoms with Crippen LogP contribution in [0.15, 0.2) is 36.5 Å². The number of nitrogens with one attached hydrogen (secondary N) is 1. The third kappa shape index (κ3) is 3.52. The predicted octanol–water partition coefficient (Wildman–Crippen LogP) is 3.71. The summed E-state index contributed by atoms with van der Waals surface area (Å²) in [6, 6.07) is 8.05. The second kappa shape index (κ2) is 6.81. The molecule has 1 atom stereocenters. The first kappa shape index (κ1) is 15.5. The van der Waals surface area contributed by atoms with Gasteiger partial charge < -0.3 is 4.90 Å². The van der Waals surface area contributed by atoms with Gasteiger partial charge in [0.25, 0.3) is 0 Å². The number of anilines is 1. The number of rotatable bonds is 2. The molecule has 0 saturated carbocycles. The first-order chi connectivity index (χ1) is 11.1. The summed E-state index contributed by atoms with van der Waals surface area (Å²) in [4.78, 5) is 14.5. The van der Waals surface area contributed by atoms with Crippen LogP contribution < -0.4 is 5.32 Å². The predicted molar refractivity (Wildman–Crippen MR) is 86.5 cm³/mol. The van der Waals surface area contributed by atoms with Crippen LogP contribution in [0.3, 0.4) is 0 Å². The smallest absolute Gasteiger partial charge is 0.317 e. The molecule has 2 heterocycles. The van der Waals surface area contributed by atoms with Gasteiger partial charge in [-0.2, -0.15) is 5.10 Å². The number of halogens is 1. The Hall–Kier alpha value is -2.37. The van der Waals surface area contributed by atoms with Crippen molar-refractivity contribution in [2.24, 2.45) is 7.05 Å². The quantitative estimate of drug-likeness (QED) is 0.918. The van der Waals surface area contributed by atoms with Crippen LogP contribution in [0.25, 0.3) is 0 Å². The molecule has 1 saturated heterocycles. The van der Waals surface area contributed by atoms with Crippen LogP contribution in [0, 0.1) is 5.82 Å². The van der Waals surface area contributed by atoms with Crippen molar-refractivity contribution in [3.63, 3.8) is 0 Å². The van der Waals surface area contributed by atoms with E-state index in [-0.39, 0.29) is 17.9 Å². The van der Waals surface area contributed by atoms with E-state index in [0.29, 0.717) is 12.4 Å². The fourth-order valence-corrected chi connectivity index (χ4v) is 3.09. The Balaban J connectivity index is 1.83. The Labute approximate surface area is 135 Å². The van der Waals surface area contributed by atoms with Gasteiger partial charge in [0.1, 0.15) is 11.6 Å². The Kier molecular flexibility index (Phi) is 4.60. The number of aromatic nitrogens is 2. The van der Waals surface area contributed by atoms with Gasteiger partial charge in [-0.15, -0.1) is 0 Å². The molecule has 122 valence electrons. The maximum atomic E-state index is 13.6. The van der Waals surface area contributed by atoms with E-state index in [4.69, 9.17) is 0 Å². The van der Waals surface area contributed by atoms with Crippen molar-refractivity contribution in [2.45, 2.75) is 31.7 Å². The van der Waals surface area contributed by atoms with Gasteiger partial charge in [0.2, 0.25) is 0 Å². The molecule has 1 fully saturated rings. The molecular formula is C17H21FN4O. The minimum atomic E-state index is -0.265. The minimum Gasteiger partial charge on any atom is -0.317 e. The third-order valence-corrected chi connectivity index (χ3v) is 4.30. The highest BCUT2D eigenvalue weighted by molar-refractivity contribution is 5.88. The van der Waals surface area contributed by atoms with Crippen molar-refractivity contribution in [1.29, 1.82) is 0 Å². The number of aryl methyl sites for hydroxylation is 1. The van der Waals surface area contributed by atoms with Crippen molar-refractivity contribution >= 4 is 11.8 Å². The van der Waals surface area contributed by atoms with E-state index in [1.165, 1.54) is 12.1 Å². The van der Waals surface area contributed by atoms with E-state index in [1.54, 1.807) is 30.1 Å². The summed E-state index contributed by atoms with van der Waals surface area (Å²) in [5.74, 6) is 0.385. The van der Waals surface area contributed by atoms with Gasteiger partial charge in [-0.05, 0) is 30.5 Å². The van der Waals surface area contributed by atoms with E-state index >= 15 is 0 Å². The number of benzene rings is 1. The minimum absolute atomic E-state index is 0.0959. The zero-order chi connectivity index (χ0) is 16.2. The maximum Gasteiger partial charge on any atom is 0.323 e. The molecule has 1 aromatic heterocycles. The molecule has 2 aromatic rings. The number of hydrogen-bond acceptors (Lipinski definition) is 2. The molecule has 1 aliphatic rings. The summed E-state index contributed by atoms with van der Waals surface area (Å²) < 4.78 is 15.2. The van der Waals surface area contributed by atoms with Crippen LogP contribution in [-0.4, -0.2) is 27.3 Å². The van der Waals surface area contributed by atoms with Gasteiger partial charge in [-0.3, -0.25) is 10.00 Å². The van der Waals surface area contributed by atoms with Crippen molar-refractivity contribution in [1.82, 2.24) is 14.7 Å². The Bertz CT molecular complexity index is 685. The summed E-state index contributed by atoms with van der Waals surface area (Å²) >= 11 is 0. The molecule has 1 N–H and O–H groups in total. The normalized spacial score (nSPS) is 18.5. The molecule has 0 aliphatic carbocycles. The van der Waals surface area contributed by atoms with Crippen LogP contribution in [-0.2, 0) is 7.05 Å². The SMILES string of the molecule is Cn1nccc1NC(=O)N1CCCCC[C@@H]1c1cccc(F)c1. The number of carbonyl (C=O) groups is 1. The molecule has 1 aliphatic heterocycles. The van der Waals surface area contributed by atoms with Gasteiger partial charge in [0, 0.05) is 19.7 Å². The van der Waals surface area contributed by atoms with E-state index in [2.05, 4.69) is 10.4 Å². The summed E-state index contributed by atoms with van der Waals surface area (Å²) in [7, 11) is 1.78. The lowest BCUT2D eigenvalue weighted by Gasteiger charge is -2.30. The number of urea groups is 1. The van der Waals surface area contributed by atoms with E-state index in [0.717, 1.165) is 31.2 Å². The van der Waals surface area contributed by atoms with E-state index in [9.17, 15) is 9.18 Å². The van der Waals surface area contributed by atoms with Crippen molar-refractivity contribution in [3.8, 4) is 0 Å². The van der Waals surface area contributed by atoms with Crippen LogP contribution >= 0.6 is 0 Å². The summed E-state index contributed by atoms with van der Waals surface area (Å²) in [6.45, 7) is 0.671. The topological polar surface area (TPSA) is 50.2 Å². The lowest BCUT2D eigenvalue weighted by atomic mass is 10.0. The third-order valence-electron chi connectivity index (χ3n) is 4.30. The Morgan fingerprint density at radius 2 is 2.17 bits per heavy atom. The molecule has 0 spiro atoms. The lowest BCUT2D eigenvalue weighted by molar-refractivity contribution is 0.189. The highest BCUT2D eigenvalue weighted by Gasteiger charge is 2.27. The highest BCUT2D eigenvalue weighted by Crippen LogP contribution is 2.31. The van der Waals surface area contributed by atoms with E-state index < -0.39 is 0 Å². The van der Waals surface area contributed by atoms with E-state index in [1.807, 2.05) is 11.0 Å². The highest BCUT2D eigenvalue weighted by atomic mass is 19.1. The molecule has 23 heavy (non-hydrogen) atoms. The lowest BCUT2D eigenvalue weighted by Crippen LogP contribution is -2.38. The first-order valence-corrected chi connectivity index (χ1v) is 7.96. The molecule has 3 rings (SSSR count). The molecule has 2 amide bonds. The van der Waals surface area contributed by atoms with Gasteiger partial charge in [-0.1, -0.05) is 25.0 Å². The van der Waals surface area contributed by atoms with Gasteiger partial charge in [0.05, 0.1) is 12.2 Å². The molecule has 1 aromatic carbocycles. The summed E-state index contributed by atoms with van der Waals surface area (Å²) in [5, 5.41) is 6.95. The van der Waals surface area contributed by atoms with Gasteiger partial charge in [0.15, 0.2) is 0 Å². The number of likely N-dealkylation sites (tertiary alicyclic amines) is 1. The van der Waals surface area contributed by atoms with Crippen molar-refractivity contribution in [2.75, 3.05) is 11.9 Å². The maximum absolute atomic E-state index is 13.6. The average Bonchev–Trinajstić information content (AvgIpc) is 2.80. The molecule has 5 nitrogen and oxygen atoms in total. The number of amides is 2. The van der Waals surface area contributed by atoms with Crippen LogP contribution in [0.2, 0.25) is 0 Å². The van der Waals surface area contributed by atoms with Crippen LogP contribution in [0.4, 0.5) is 15.0 Å². The number of carbonyl (C=O) groups excluding carboxylic acids is 1. The zero-order valence-electron chi connectivity index (χ0n) is 13.2. The second-order valence-corrected chi connectivity index (χ2v) is 5.88. The first-order valence-electron chi connectivity index (χ1n) is 7.96. The summed E-state index contributed by atoms with van der Waals surface area (Å²) in [6.07, 6.45) is 5.58. The molecule has 0 unspecified atom stereocenters. The standard InChI is InChI=1S/C17H21FN4O/c1-21-16(9-10-19-21)20-17(23)22-11-4-2-3-8-15(22)13-6-5-7-14(18)12-13/h5-7,9-10,12,15H,2-4,8,11H2,1H3,(H,20,23)/t15-/m1/s1. The monoisotopic (exact) mass is 316 g/mol. The van der Waals surface area contributed by atoms with Crippen molar-refractivity contribution < 1.29 is 9.18 Å². The number of hydrogen-bond donors (Lipinski definition) is 1. The summed E-state index contributed by atoms with van der Waals surface area (Å²) in [5.41, 5.74) is 0.854. The fraction of sp³-hybridized carbons (Fsp3) is 0.412. The second-order valence-electron chi connectivity index (χ2n) is 5.88. The molecule has 6 heteroatoms. The number of nitrogens with zero attached hydrogens (tertiary/aromatic N) is 3. The van der Waals surface area contributed by atoms with Crippen LogP contribution in [0.1, 0.15) is 37.3 Å². The molecule has 0 radical (unpaired) electrons. The molecule has 0 bridgehead atoms. The van der Waals surface area contributed by atoms with Gasteiger partial charge >= 0.3 is 6.03 Å². The van der Waals surface area contributed by atoms with Gasteiger partial charge in [-0.25, -0.2) is 9.18 Å². The molecular weight excluding hydrogens is 295 g/mol. The van der Waals surface area contributed by atoms with Crippen molar-refractivity contribution in [3.05, 3.63) is 47.9 Å².